The van der Waals surface area contributed by atoms with Crippen molar-refractivity contribution in [3.63, 3.8) is 0 Å². The number of nitrogens with one attached hydrogen (secondary N) is 1. The Morgan fingerprint density at radius 2 is 1.58 bits per heavy atom. The van der Waals surface area contributed by atoms with E-state index < -0.39 is 12.1 Å². The third-order valence-electron chi connectivity index (χ3n) is 5.23. The second-order valence-corrected chi connectivity index (χ2v) is 8.05. The zero-order chi connectivity index (χ0) is 23.5. The van der Waals surface area contributed by atoms with Gasteiger partial charge >= 0.3 is 5.97 Å². The minimum Gasteiger partial charge on any atom is -0.493 e. The first kappa shape index (κ1) is 24.4. The topological polar surface area (TPSA) is 67.8 Å². The van der Waals surface area contributed by atoms with Gasteiger partial charge in [-0.25, -0.2) is 4.79 Å². The molecule has 3 rings (SSSR count). The molecule has 1 unspecified atom stereocenters. The molecule has 0 aromatic heterocycles. The fourth-order valence-corrected chi connectivity index (χ4v) is 3.73. The van der Waals surface area contributed by atoms with Crippen LogP contribution in [0.4, 0.5) is 0 Å². The standard InChI is InChI=1S/C27H29NO4S/c1-2-31-25(27(29)30)17-20-13-15-23(16-14-20)32-19-24(22-11-7-4-8-12-22)26(33)28-18-21-9-5-3-6-10-21/h3-16,24-25H,2,17-19H2,1H3,(H,28,33)(H,29,30)/t24?,25-/m1/s1. The van der Waals surface area contributed by atoms with Crippen LogP contribution in [0.1, 0.15) is 29.5 Å². The summed E-state index contributed by atoms with van der Waals surface area (Å²) in [7, 11) is 0. The molecule has 0 spiro atoms. The van der Waals surface area contributed by atoms with E-state index in [1.165, 1.54) is 0 Å². The van der Waals surface area contributed by atoms with Gasteiger partial charge < -0.3 is 19.9 Å². The van der Waals surface area contributed by atoms with Gasteiger partial charge in [-0.3, -0.25) is 0 Å². The average Bonchev–Trinajstić information content (AvgIpc) is 2.85. The van der Waals surface area contributed by atoms with Crippen molar-refractivity contribution in [2.45, 2.75) is 31.9 Å². The Morgan fingerprint density at radius 1 is 0.939 bits per heavy atom. The molecule has 33 heavy (non-hydrogen) atoms. The Labute approximate surface area is 200 Å². The van der Waals surface area contributed by atoms with Gasteiger partial charge in [0.2, 0.25) is 0 Å². The molecule has 0 fully saturated rings. The van der Waals surface area contributed by atoms with Crippen LogP contribution < -0.4 is 10.1 Å². The molecule has 0 saturated heterocycles. The van der Waals surface area contributed by atoms with Gasteiger partial charge in [-0.1, -0.05) is 85.0 Å². The maximum Gasteiger partial charge on any atom is 0.333 e. The predicted octanol–water partition coefficient (Wildman–Crippen LogP) is 5.00. The molecule has 0 amide bonds. The molecule has 0 radical (unpaired) electrons. The maximum absolute atomic E-state index is 11.3. The van der Waals surface area contributed by atoms with Crippen LogP contribution in [0.2, 0.25) is 0 Å². The van der Waals surface area contributed by atoms with Crippen molar-refractivity contribution >= 4 is 23.2 Å². The van der Waals surface area contributed by atoms with E-state index in [0.29, 0.717) is 31.9 Å². The van der Waals surface area contributed by atoms with Crippen molar-refractivity contribution in [3.05, 3.63) is 102 Å². The molecule has 3 aromatic carbocycles. The zero-order valence-electron chi connectivity index (χ0n) is 18.6. The van der Waals surface area contributed by atoms with Crippen molar-refractivity contribution in [1.29, 1.82) is 0 Å². The van der Waals surface area contributed by atoms with E-state index in [1.54, 1.807) is 6.92 Å². The zero-order valence-corrected chi connectivity index (χ0v) is 19.5. The highest BCUT2D eigenvalue weighted by atomic mass is 32.1. The summed E-state index contributed by atoms with van der Waals surface area (Å²) in [4.78, 5) is 12.0. The molecule has 172 valence electrons. The Bertz CT molecular complexity index is 1010. The fourth-order valence-electron chi connectivity index (χ4n) is 3.45. The van der Waals surface area contributed by atoms with Crippen molar-refractivity contribution in [2.75, 3.05) is 13.2 Å². The lowest BCUT2D eigenvalue weighted by Gasteiger charge is -2.21. The van der Waals surface area contributed by atoms with Crippen molar-refractivity contribution in [2.24, 2.45) is 0 Å². The number of ether oxygens (including phenoxy) is 2. The number of hydrogen-bond acceptors (Lipinski definition) is 4. The first-order valence-electron chi connectivity index (χ1n) is 11.0. The summed E-state index contributed by atoms with van der Waals surface area (Å²) >= 11 is 5.73. The van der Waals surface area contributed by atoms with Crippen molar-refractivity contribution in [1.82, 2.24) is 5.32 Å². The van der Waals surface area contributed by atoms with Crippen LogP contribution in [0.15, 0.2) is 84.9 Å². The summed E-state index contributed by atoms with van der Waals surface area (Å²) < 4.78 is 11.4. The molecule has 3 aromatic rings. The number of benzene rings is 3. The molecule has 0 saturated carbocycles. The Morgan fingerprint density at radius 3 is 2.18 bits per heavy atom. The van der Waals surface area contributed by atoms with Crippen molar-refractivity contribution < 1.29 is 19.4 Å². The van der Waals surface area contributed by atoms with Gasteiger partial charge in [0.25, 0.3) is 0 Å². The first-order chi connectivity index (χ1) is 16.1. The molecule has 6 heteroatoms. The number of hydrogen-bond donors (Lipinski definition) is 2. The van der Waals surface area contributed by atoms with Gasteiger partial charge in [0, 0.05) is 19.6 Å². The molecule has 5 nitrogen and oxygen atoms in total. The lowest BCUT2D eigenvalue weighted by Crippen LogP contribution is -2.30. The lowest BCUT2D eigenvalue weighted by molar-refractivity contribution is -0.149. The third-order valence-corrected chi connectivity index (χ3v) is 5.66. The van der Waals surface area contributed by atoms with E-state index >= 15 is 0 Å². The second-order valence-electron chi connectivity index (χ2n) is 7.61. The van der Waals surface area contributed by atoms with Gasteiger partial charge in [-0.2, -0.15) is 0 Å². The first-order valence-corrected chi connectivity index (χ1v) is 11.4. The highest BCUT2D eigenvalue weighted by Gasteiger charge is 2.19. The monoisotopic (exact) mass is 463 g/mol. The van der Waals surface area contributed by atoms with Crippen LogP contribution in [-0.4, -0.2) is 35.4 Å². The summed E-state index contributed by atoms with van der Waals surface area (Å²) in [6.45, 7) is 3.19. The van der Waals surface area contributed by atoms with E-state index in [2.05, 4.69) is 17.4 Å². The normalized spacial score (nSPS) is 12.5. The van der Waals surface area contributed by atoms with E-state index in [4.69, 9.17) is 21.7 Å². The number of carboxylic acid groups (broad SMARTS) is 1. The highest BCUT2D eigenvalue weighted by molar-refractivity contribution is 7.80. The summed E-state index contributed by atoms with van der Waals surface area (Å²) in [5.41, 5.74) is 3.12. The van der Waals surface area contributed by atoms with Crippen LogP contribution in [0.5, 0.6) is 5.75 Å². The SMILES string of the molecule is CCO[C@H](Cc1ccc(OCC(C(=S)NCc2ccccc2)c2ccccc2)cc1)C(=O)O. The van der Waals surface area contributed by atoms with Crippen LogP contribution in [0, 0.1) is 0 Å². The molecule has 0 bridgehead atoms. The number of carboxylic acids is 1. The Kier molecular flexibility index (Phi) is 9.42. The summed E-state index contributed by atoms with van der Waals surface area (Å²) in [5, 5.41) is 12.6. The van der Waals surface area contributed by atoms with E-state index in [-0.39, 0.29) is 5.92 Å². The van der Waals surface area contributed by atoms with Crippen molar-refractivity contribution in [3.8, 4) is 5.75 Å². The van der Waals surface area contributed by atoms with Gasteiger partial charge in [0.1, 0.15) is 12.4 Å². The Balaban J connectivity index is 1.63. The molecule has 0 aliphatic rings. The number of aliphatic carboxylic acids is 1. The molecular weight excluding hydrogens is 434 g/mol. The minimum absolute atomic E-state index is 0.0982. The number of thiocarbonyl (C=S) groups is 1. The summed E-state index contributed by atoms with van der Waals surface area (Å²) in [6.07, 6.45) is -0.541. The lowest BCUT2D eigenvalue weighted by atomic mass is 9.99. The van der Waals surface area contributed by atoms with Crippen LogP contribution in [-0.2, 0) is 22.5 Å². The number of carbonyl (C=O) groups is 1. The Hall–Kier alpha value is -3.22. The molecule has 0 heterocycles. The summed E-state index contributed by atoms with van der Waals surface area (Å²) in [6, 6.07) is 27.6. The minimum atomic E-state index is -0.959. The average molecular weight is 464 g/mol. The smallest absolute Gasteiger partial charge is 0.333 e. The second kappa shape index (κ2) is 12.7. The van der Waals surface area contributed by atoms with Crippen LogP contribution in [0.3, 0.4) is 0 Å². The molecule has 2 atom stereocenters. The molecule has 0 aliphatic carbocycles. The van der Waals surface area contributed by atoms with Gasteiger partial charge in [0.05, 0.1) is 10.9 Å². The van der Waals surface area contributed by atoms with Crippen LogP contribution >= 0.6 is 12.2 Å². The number of rotatable bonds is 12. The highest BCUT2D eigenvalue weighted by Crippen LogP contribution is 2.21. The van der Waals surface area contributed by atoms with Gasteiger partial charge in [0.15, 0.2) is 6.10 Å². The summed E-state index contributed by atoms with van der Waals surface area (Å²) in [5.74, 6) is -0.354. The van der Waals surface area contributed by atoms with E-state index in [0.717, 1.165) is 21.7 Å². The molecule has 2 N–H and O–H groups in total. The van der Waals surface area contributed by atoms with E-state index in [9.17, 15) is 9.90 Å². The quantitative estimate of drug-likeness (QED) is 0.369. The molecular formula is C27H29NO4S. The maximum atomic E-state index is 11.3. The van der Waals surface area contributed by atoms with Gasteiger partial charge in [-0.15, -0.1) is 0 Å². The van der Waals surface area contributed by atoms with E-state index in [1.807, 2.05) is 72.8 Å². The predicted molar refractivity (Wildman–Crippen MR) is 134 cm³/mol. The largest absolute Gasteiger partial charge is 0.493 e. The third kappa shape index (κ3) is 7.70. The fraction of sp³-hybridized carbons (Fsp3) is 0.259. The van der Waals surface area contributed by atoms with Gasteiger partial charge in [-0.05, 0) is 35.7 Å². The molecule has 0 aliphatic heterocycles. The van der Waals surface area contributed by atoms with Crippen LogP contribution in [0.25, 0.3) is 0 Å².